The van der Waals surface area contributed by atoms with Crippen molar-refractivity contribution in [3.8, 4) is 0 Å². The molecule has 0 saturated heterocycles. The van der Waals surface area contributed by atoms with Crippen molar-refractivity contribution in [1.82, 2.24) is 0 Å². The van der Waals surface area contributed by atoms with Crippen molar-refractivity contribution >= 4 is 17.9 Å². The lowest BCUT2D eigenvalue weighted by Crippen LogP contribution is -2.30. The molecule has 376 valence electrons. The molecule has 0 amide bonds. The average Bonchev–Trinajstić information content (AvgIpc) is 3.33. The molecular formula is C61H96O6. The average molecular weight is 925 g/mol. The van der Waals surface area contributed by atoms with Crippen LogP contribution in [0.15, 0.2) is 134 Å². The first-order valence-corrected chi connectivity index (χ1v) is 26.7. The predicted molar refractivity (Wildman–Crippen MR) is 288 cm³/mol. The van der Waals surface area contributed by atoms with Crippen molar-refractivity contribution in [2.24, 2.45) is 0 Å². The summed E-state index contributed by atoms with van der Waals surface area (Å²) in [7, 11) is 0. The van der Waals surface area contributed by atoms with Gasteiger partial charge in [-0.15, -0.1) is 0 Å². The first kappa shape index (κ1) is 62.5. The molecule has 0 spiro atoms. The number of esters is 3. The van der Waals surface area contributed by atoms with Crippen molar-refractivity contribution in [3.63, 3.8) is 0 Å². The molecule has 0 aromatic carbocycles. The van der Waals surface area contributed by atoms with Gasteiger partial charge in [-0.2, -0.15) is 0 Å². The summed E-state index contributed by atoms with van der Waals surface area (Å²) < 4.78 is 16.8. The van der Waals surface area contributed by atoms with Gasteiger partial charge in [0.25, 0.3) is 0 Å². The zero-order chi connectivity index (χ0) is 48.6. The topological polar surface area (TPSA) is 78.9 Å². The van der Waals surface area contributed by atoms with Crippen LogP contribution in [0.3, 0.4) is 0 Å². The zero-order valence-electron chi connectivity index (χ0n) is 42.9. The minimum absolute atomic E-state index is 0.111. The van der Waals surface area contributed by atoms with E-state index in [-0.39, 0.29) is 37.5 Å². The van der Waals surface area contributed by atoms with Crippen molar-refractivity contribution in [2.75, 3.05) is 13.2 Å². The highest BCUT2D eigenvalue weighted by Gasteiger charge is 2.19. The summed E-state index contributed by atoms with van der Waals surface area (Å²) in [6.45, 7) is 6.30. The molecule has 6 heteroatoms. The second-order valence-corrected chi connectivity index (χ2v) is 17.1. The van der Waals surface area contributed by atoms with Gasteiger partial charge in [0.1, 0.15) is 13.2 Å². The molecule has 6 nitrogen and oxygen atoms in total. The molecular weight excluding hydrogens is 829 g/mol. The molecule has 0 rings (SSSR count). The van der Waals surface area contributed by atoms with Gasteiger partial charge in [-0.3, -0.25) is 14.4 Å². The van der Waals surface area contributed by atoms with Crippen LogP contribution in [0.25, 0.3) is 0 Å². The number of hydrogen-bond acceptors (Lipinski definition) is 6. The molecule has 0 aliphatic rings. The van der Waals surface area contributed by atoms with Gasteiger partial charge in [0.15, 0.2) is 6.10 Å². The lowest BCUT2D eigenvalue weighted by Gasteiger charge is -2.18. The van der Waals surface area contributed by atoms with E-state index >= 15 is 0 Å². The van der Waals surface area contributed by atoms with E-state index < -0.39 is 6.10 Å². The second-order valence-electron chi connectivity index (χ2n) is 17.1. The van der Waals surface area contributed by atoms with Gasteiger partial charge < -0.3 is 14.2 Å². The van der Waals surface area contributed by atoms with E-state index in [1.54, 1.807) is 0 Å². The van der Waals surface area contributed by atoms with Gasteiger partial charge in [-0.1, -0.05) is 212 Å². The van der Waals surface area contributed by atoms with Crippen LogP contribution in [0.5, 0.6) is 0 Å². The maximum Gasteiger partial charge on any atom is 0.306 e. The first-order valence-electron chi connectivity index (χ1n) is 26.7. The molecule has 0 fully saturated rings. The molecule has 67 heavy (non-hydrogen) atoms. The van der Waals surface area contributed by atoms with Gasteiger partial charge >= 0.3 is 17.9 Å². The Morgan fingerprint density at radius 1 is 0.328 bits per heavy atom. The highest BCUT2D eigenvalue weighted by Crippen LogP contribution is 2.12. The van der Waals surface area contributed by atoms with Crippen LogP contribution < -0.4 is 0 Å². The molecule has 0 N–H and O–H groups in total. The van der Waals surface area contributed by atoms with Crippen LogP contribution in [0, 0.1) is 0 Å². The van der Waals surface area contributed by atoms with Crippen LogP contribution in [0.4, 0.5) is 0 Å². The Morgan fingerprint density at radius 2 is 0.642 bits per heavy atom. The summed E-state index contributed by atoms with van der Waals surface area (Å²) in [5.74, 6) is -0.989. The van der Waals surface area contributed by atoms with Crippen molar-refractivity contribution in [2.45, 2.75) is 219 Å². The fraction of sp³-hybridized carbons (Fsp3) is 0.590. The van der Waals surface area contributed by atoms with E-state index in [0.29, 0.717) is 12.8 Å². The summed E-state index contributed by atoms with van der Waals surface area (Å²) in [5, 5.41) is 0. The Bertz CT molecular complexity index is 1480. The number of unbranched alkanes of at least 4 members (excludes halogenated alkanes) is 16. The Labute approximate surface area is 411 Å². The van der Waals surface area contributed by atoms with Gasteiger partial charge in [0.2, 0.25) is 0 Å². The Balaban J connectivity index is 4.53. The number of carbonyl (C=O) groups is 3. The van der Waals surface area contributed by atoms with Crippen LogP contribution in [-0.4, -0.2) is 37.2 Å². The first-order chi connectivity index (χ1) is 33.0. The molecule has 0 aromatic heterocycles. The van der Waals surface area contributed by atoms with E-state index in [0.717, 1.165) is 154 Å². The summed E-state index contributed by atoms with van der Waals surface area (Å²) in [5.41, 5.74) is 0. The monoisotopic (exact) mass is 925 g/mol. The maximum atomic E-state index is 12.8. The minimum Gasteiger partial charge on any atom is -0.462 e. The SMILES string of the molecule is CC/C=C\C/C=C\C/C=C\C/C=C\C/C=C\CCCCCC(=O)OCC(COC(=O)CCCCCCC/C=C\C/C=C\CC)OC(=O)CCCCCCC\C=C/C=C\C=C/C=C\CCCCC. The molecule has 1 unspecified atom stereocenters. The fourth-order valence-electron chi connectivity index (χ4n) is 6.75. The summed E-state index contributed by atoms with van der Waals surface area (Å²) in [6.07, 6.45) is 75.7. The van der Waals surface area contributed by atoms with Crippen LogP contribution in [-0.2, 0) is 28.6 Å². The Morgan fingerprint density at radius 3 is 1.06 bits per heavy atom. The molecule has 0 heterocycles. The van der Waals surface area contributed by atoms with Crippen molar-refractivity contribution in [3.05, 3.63) is 134 Å². The molecule has 0 aromatic rings. The van der Waals surface area contributed by atoms with Crippen molar-refractivity contribution in [1.29, 1.82) is 0 Å². The Hall–Kier alpha value is -4.45. The van der Waals surface area contributed by atoms with Gasteiger partial charge in [-0.25, -0.2) is 0 Å². The molecule has 0 bridgehead atoms. The molecule has 0 radical (unpaired) electrons. The smallest absolute Gasteiger partial charge is 0.306 e. The molecule has 0 aliphatic heterocycles. The molecule has 0 aliphatic carbocycles. The van der Waals surface area contributed by atoms with Crippen LogP contribution in [0.1, 0.15) is 213 Å². The van der Waals surface area contributed by atoms with Gasteiger partial charge in [0, 0.05) is 19.3 Å². The third-order valence-corrected chi connectivity index (χ3v) is 10.7. The highest BCUT2D eigenvalue weighted by atomic mass is 16.6. The largest absolute Gasteiger partial charge is 0.462 e. The van der Waals surface area contributed by atoms with E-state index in [4.69, 9.17) is 14.2 Å². The predicted octanol–water partition coefficient (Wildman–Crippen LogP) is 17.9. The summed E-state index contributed by atoms with van der Waals surface area (Å²) in [4.78, 5) is 38.0. The highest BCUT2D eigenvalue weighted by molar-refractivity contribution is 5.71. The number of carbonyl (C=O) groups excluding carboxylic acids is 3. The normalized spacial score (nSPS) is 13.2. The minimum atomic E-state index is -0.815. The summed E-state index contributed by atoms with van der Waals surface area (Å²) >= 11 is 0. The lowest BCUT2D eigenvalue weighted by atomic mass is 10.1. The number of ether oxygens (including phenoxy) is 3. The van der Waals surface area contributed by atoms with Crippen LogP contribution >= 0.6 is 0 Å². The number of allylic oxidation sites excluding steroid dienone is 22. The third kappa shape index (κ3) is 52.4. The fourth-order valence-corrected chi connectivity index (χ4v) is 6.75. The standard InChI is InChI=1S/C61H96O6/c1-4-7-10-13-16-19-22-25-27-29-31-33-34-36-39-42-45-48-51-54-60(63)66-57-58(56-65-59(62)53-50-47-44-41-38-24-21-18-15-12-9-6-3)67-61(64)55-52-49-46-43-40-37-35-32-30-28-26-23-20-17-14-11-8-5-2/h7,9-10,12,16-21,23,25-28,30-33,35-36,39,58H,4-6,8,11,13-15,22,24,29,34,37-38,40-57H2,1-3H3/b10-7-,12-9-,19-16-,20-17-,21-18-,26-23-,27-25-,30-28-,33-31-,35-32-,39-36-. The lowest BCUT2D eigenvalue weighted by molar-refractivity contribution is -0.167. The maximum absolute atomic E-state index is 12.8. The third-order valence-electron chi connectivity index (χ3n) is 10.7. The second kappa shape index (κ2) is 54.2. The van der Waals surface area contributed by atoms with E-state index in [9.17, 15) is 14.4 Å². The van der Waals surface area contributed by atoms with Crippen LogP contribution in [0.2, 0.25) is 0 Å². The van der Waals surface area contributed by atoms with E-state index in [1.165, 1.54) is 19.3 Å². The van der Waals surface area contributed by atoms with Gasteiger partial charge in [-0.05, 0) is 116 Å². The zero-order valence-corrected chi connectivity index (χ0v) is 42.9. The molecule has 0 saturated carbocycles. The number of hydrogen-bond donors (Lipinski definition) is 0. The molecule has 1 atom stereocenters. The summed E-state index contributed by atoms with van der Waals surface area (Å²) in [6, 6.07) is 0. The van der Waals surface area contributed by atoms with E-state index in [1.807, 2.05) is 0 Å². The quantitative estimate of drug-likeness (QED) is 0.0199. The van der Waals surface area contributed by atoms with E-state index in [2.05, 4.69) is 154 Å². The Kier molecular flexibility index (Phi) is 50.6. The van der Waals surface area contributed by atoms with Crippen molar-refractivity contribution < 1.29 is 28.6 Å². The van der Waals surface area contributed by atoms with Gasteiger partial charge in [0.05, 0.1) is 0 Å². The number of rotatable bonds is 46.